The van der Waals surface area contributed by atoms with Crippen molar-refractivity contribution >= 4 is 27.9 Å². The summed E-state index contributed by atoms with van der Waals surface area (Å²) in [6, 6.07) is 15.4. The predicted octanol–water partition coefficient (Wildman–Crippen LogP) is 3.61. The van der Waals surface area contributed by atoms with Gasteiger partial charge in [0.15, 0.2) is 5.58 Å². The molecule has 0 aliphatic carbocycles. The van der Waals surface area contributed by atoms with Crippen molar-refractivity contribution in [2.75, 3.05) is 0 Å². The van der Waals surface area contributed by atoms with E-state index in [1.807, 2.05) is 44.3 Å². The zero-order valence-electron chi connectivity index (χ0n) is 16.7. The maximum absolute atomic E-state index is 12.6. The number of nitrogens with zero attached hydrogens (tertiary/aromatic N) is 2. The lowest BCUT2D eigenvalue weighted by Crippen LogP contribution is -2.39. The standard InChI is InChI=1S/C23H25N3O3/c1-3-17(15-26-20-10-6-7-11-21(20)29-23(26)28)24-22(27)13-12-16-14-25(2)19-9-5-4-8-18(16)19/h4-11,14,17H,3,12-13,15H2,1-2H3,(H,24,27)/t17-/m1/s1. The minimum atomic E-state index is -0.394. The first-order chi connectivity index (χ1) is 14.1. The van der Waals surface area contributed by atoms with Gasteiger partial charge in [0.25, 0.3) is 0 Å². The van der Waals surface area contributed by atoms with Crippen molar-refractivity contribution in [3.8, 4) is 0 Å². The van der Waals surface area contributed by atoms with Crippen molar-refractivity contribution in [3.05, 3.63) is 70.8 Å². The van der Waals surface area contributed by atoms with Crippen LogP contribution in [0.5, 0.6) is 0 Å². The van der Waals surface area contributed by atoms with Crippen LogP contribution in [0.4, 0.5) is 0 Å². The first kappa shape index (κ1) is 19.1. The Hall–Kier alpha value is -3.28. The largest absolute Gasteiger partial charge is 0.420 e. The first-order valence-corrected chi connectivity index (χ1v) is 9.97. The third kappa shape index (κ3) is 3.83. The molecule has 0 spiro atoms. The molecule has 0 radical (unpaired) electrons. The molecular weight excluding hydrogens is 366 g/mol. The fourth-order valence-corrected chi connectivity index (χ4v) is 3.86. The van der Waals surface area contributed by atoms with Gasteiger partial charge >= 0.3 is 5.76 Å². The van der Waals surface area contributed by atoms with Crippen molar-refractivity contribution in [3.63, 3.8) is 0 Å². The molecule has 0 aliphatic heterocycles. The van der Waals surface area contributed by atoms with Gasteiger partial charge in [-0.3, -0.25) is 9.36 Å². The van der Waals surface area contributed by atoms with Crippen LogP contribution >= 0.6 is 0 Å². The van der Waals surface area contributed by atoms with Crippen LogP contribution in [0.15, 0.2) is 63.9 Å². The maximum Gasteiger partial charge on any atom is 0.420 e. The molecule has 4 aromatic rings. The summed E-state index contributed by atoms with van der Waals surface area (Å²) in [7, 11) is 2.02. The van der Waals surface area contributed by atoms with E-state index in [-0.39, 0.29) is 11.9 Å². The second-order valence-corrected chi connectivity index (χ2v) is 7.40. The number of benzene rings is 2. The summed E-state index contributed by atoms with van der Waals surface area (Å²) in [4.78, 5) is 24.8. The highest BCUT2D eigenvalue weighted by Crippen LogP contribution is 2.21. The summed E-state index contributed by atoms with van der Waals surface area (Å²) in [5.74, 6) is -0.403. The van der Waals surface area contributed by atoms with Crippen molar-refractivity contribution in [1.29, 1.82) is 0 Å². The number of para-hydroxylation sites is 3. The Kier molecular flexibility index (Phi) is 5.25. The van der Waals surface area contributed by atoms with Crippen LogP contribution in [0, 0.1) is 0 Å². The molecule has 6 heteroatoms. The quantitative estimate of drug-likeness (QED) is 0.523. The van der Waals surface area contributed by atoms with Crippen LogP contribution in [0.2, 0.25) is 0 Å². The van der Waals surface area contributed by atoms with E-state index >= 15 is 0 Å². The Morgan fingerprint density at radius 2 is 1.83 bits per heavy atom. The number of aromatic nitrogens is 2. The molecule has 0 saturated carbocycles. The van der Waals surface area contributed by atoms with Gasteiger partial charge in [-0.25, -0.2) is 4.79 Å². The molecule has 1 N–H and O–H groups in total. The smallest absolute Gasteiger partial charge is 0.408 e. The summed E-state index contributed by atoms with van der Waals surface area (Å²) < 4.78 is 8.97. The SMILES string of the molecule is CC[C@H](Cn1c(=O)oc2ccccc21)NC(=O)CCc1cn(C)c2ccccc12. The molecule has 29 heavy (non-hydrogen) atoms. The first-order valence-electron chi connectivity index (χ1n) is 9.97. The number of nitrogens with one attached hydrogen (secondary N) is 1. The number of carbonyl (C=O) groups is 1. The Labute approximate surface area is 168 Å². The number of hydrogen-bond acceptors (Lipinski definition) is 3. The van der Waals surface area contributed by atoms with E-state index in [4.69, 9.17) is 4.42 Å². The molecule has 0 bridgehead atoms. The lowest BCUT2D eigenvalue weighted by atomic mass is 10.1. The van der Waals surface area contributed by atoms with Gasteiger partial charge in [0.2, 0.25) is 5.91 Å². The molecular formula is C23H25N3O3. The lowest BCUT2D eigenvalue weighted by molar-refractivity contribution is -0.121. The molecule has 4 rings (SSSR count). The van der Waals surface area contributed by atoms with Crippen LogP contribution in [0.3, 0.4) is 0 Å². The topological polar surface area (TPSA) is 69.2 Å². The minimum absolute atomic E-state index is 0.00867. The average Bonchev–Trinajstić information content (AvgIpc) is 3.22. The van der Waals surface area contributed by atoms with E-state index in [1.165, 1.54) is 16.5 Å². The molecule has 0 aliphatic rings. The Balaban J connectivity index is 1.42. The van der Waals surface area contributed by atoms with Gasteiger partial charge in [0.05, 0.1) is 5.52 Å². The minimum Gasteiger partial charge on any atom is -0.408 e. The molecule has 1 amide bonds. The monoisotopic (exact) mass is 391 g/mol. The van der Waals surface area contributed by atoms with Crippen molar-refractivity contribution in [1.82, 2.24) is 14.5 Å². The lowest BCUT2D eigenvalue weighted by Gasteiger charge is -2.17. The highest BCUT2D eigenvalue weighted by molar-refractivity contribution is 5.85. The molecule has 2 heterocycles. The Morgan fingerprint density at radius 3 is 2.62 bits per heavy atom. The second kappa shape index (κ2) is 7.99. The van der Waals surface area contributed by atoms with E-state index in [0.717, 1.165) is 11.9 Å². The summed E-state index contributed by atoms with van der Waals surface area (Å²) in [5, 5.41) is 4.26. The summed E-state index contributed by atoms with van der Waals surface area (Å²) in [5.41, 5.74) is 3.65. The molecule has 1 atom stereocenters. The number of fused-ring (bicyclic) bond motifs is 2. The Bertz CT molecular complexity index is 1220. The van der Waals surface area contributed by atoms with Crippen molar-refractivity contribution < 1.29 is 9.21 Å². The van der Waals surface area contributed by atoms with Crippen LogP contribution < -0.4 is 11.1 Å². The van der Waals surface area contributed by atoms with E-state index < -0.39 is 5.76 Å². The number of carbonyl (C=O) groups excluding carboxylic acids is 1. The number of aryl methyl sites for hydroxylation is 2. The number of rotatable bonds is 7. The van der Waals surface area contributed by atoms with E-state index in [9.17, 15) is 9.59 Å². The van der Waals surface area contributed by atoms with Gasteiger partial charge in [-0.1, -0.05) is 37.3 Å². The third-order valence-corrected chi connectivity index (χ3v) is 5.44. The van der Waals surface area contributed by atoms with Gasteiger partial charge < -0.3 is 14.3 Å². The molecule has 0 fully saturated rings. The highest BCUT2D eigenvalue weighted by Gasteiger charge is 2.16. The van der Waals surface area contributed by atoms with Crippen molar-refractivity contribution in [2.45, 2.75) is 38.8 Å². The summed E-state index contributed by atoms with van der Waals surface area (Å²) >= 11 is 0. The zero-order chi connectivity index (χ0) is 20.4. The Morgan fingerprint density at radius 1 is 1.10 bits per heavy atom. The van der Waals surface area contributed by atoms with Crippen LogP contribution in [0.25, 0.3) is 22.0 Å². The molecule has 150 valence electrons. The molecule has 0 saturated heterocycles. The third-order valence-electron chi connectivity index (χ3n) is 5.44. The maximum atomic E-state index is 12.6. The summed E-state index contributed by atoms with van der Waals surface area (Å²) in [6.07, 6.45) is 3.90. The normalized spacial score (nSPS) is 12.5. The molecule has 2 aromatic heterocycles. The highest BCUT2D eigenvalue weighted by atomic mass is 16.4. The second-order valence-electron chi connectivity index (χ2n) is 7.40. The number of oxazole rings is 1. The van der Waals surface area contributed by atoms with E-state index in [0.29, 0.717) is 25.0 Å². The van der Waals surface area contributed by atoms with Gasteiger partial charge in [0, 0.05) is 43.2 Å². The van der Waals surface area contributed by atoms with E-state index in [1.54, 1.807) is 10.6 Å². The average molecular weight is 391 g/mol. The molecule has 0 unspecified atom stereocenters. The van der Waals surface area contributed by atoms with Crippen LogP contribution in [0.1, 0.15) is 25.3 Å². The van der Waals surface area contributed by atoms with Crippen LogP contribution in [-0.4, -0.2) is 21.1 Å². The van der Waals surface area contributed by atoms with Gasteiger partial charge in [0.1, 0.15) is 0 Å². The van der Waals surface area contributed by atoms with Gasteiger partial charge in [-0.15, -0.1) is 0 Å². The number of hydrogen-bond donors (Lipinski definition) is 1. The van der Waals surface area contributed by atoms with Crippen LogP contribution in [-0.2, 0) is 24.8 Å². The van der Waals surface area contributed by atoms with Crippen molar-refractivity contribution in [2.24, 2.45) is 7.05 Å². The fraction of sp³-hybridized carbons (Fsp3) is 0.304. The van der Waals surface area contributed by atoms with Gasteiger partial charge in [-0.05, 0) is 36.6 Å². The molecule has 6 nitrogen and oxygen atoms in total. The number of amides is 1. The summed E-state index contributed by atoms with van der Waals surface area (Å²) in [6.45, 7) is 2.40. The molecule has 2 aromatic carbocycles. The zero-order valence-corrected chi connectivity index (χ0v) is 16.7. The predicted molar refractivity (Wildman–Crippen MR) is 114 cm³/mol. The van der Waals surface area contributed by atoms with Gasteiger partial charge in [-0.2, -0.15) is 0 Å². The fourth-order valence-electron chi connectivity index (χ4n) is 3.86. The van der Waals surface area contributed by atoms with E-state index in [2.05, 4.69) is 28.2 Å².